The zero-order valence-corrected chi connectivity index (χ0v) is 9.74. The molecular formula is C10H17N5O. The van der Waals surface area contributed by atoms with E-state index in [1.54, 1.807) is 19.9 Å². The van der Waals surface area contributed by atoms with Crippen molar-refractivity contribution in [3.8, 4) is 0 Å². The number of likely N-dealkylation sites (N-methyl/N-ethyl adjacent to an activating group) is 1. The fraction of sp³-hybridized carbons (Fsp3) is 0.500. The van der Waals surface area contributed by atoms with Crippen LogP contribution in [0.5, 0.6) is 0 Å². The Bertz CT molecular complexity index is 359. The zero-order chi connectivity index (χ0) is 12.1. The number of nitrogens with one attached hydrogen (secondary N) is 2. The van der Waals surface area contributed by atoms with Crippen LogP contribution in [0.15, 0.2) is 6.07 Å². The number of carbonyl (C=O) groups is 1. The Morgan fingerprint density at radius 1 is 1.56 bits per heavy atom. The van der Waals surface area contributed by atoms with E-state index in [9.17, 15) is 4.79 Å². The van der Waals surface area contributed by atoms with Crippen molar-refractivity contribution >= 4 is 17.5 Å². The Labute approximate surface area is 94.7 Å². The molecule has 1 rings (SSSR count). The van der Waals surface area contributed by atoms with Gasteiger partial charge < -0.3 is 16.4 Å². The standard InChI is InChI=1S/C10H17N5O/c1-4-12-10(16)6(2)13-9-5-8(11)14-7(3)15-9/h5-6H,4H2,1-3H3,(H,12,16)(H3,11,13,14,15). The normalized spacial score (nSPS) is 11.9. The van der Waals surface area contributed by atoms with Crippen LogP contribution in [0.4, 0.5) is 11.6 Å². The Balaban J connectivity index is 2.69. The third-order valence-electron chi connectivity index (χ3n) is 1.97. The first kappa shape index (κ1) is 12.2. The molecular weight excluding hydrogens is 206 g/mol. The maximum atomic E-state index is 11.5. The van der Waals surface area contributed by atoms with E-state index >= 15 is 0 Å². The van der Waals surface area contributed by atoms with Crippen molar-refractivity contribution < 1.29 is 4.79 Å². The molecule has 0 aromatic carbocycles. The van der Waals surface area contributed by atoms with E-state index < -0.39 is 0 Å². The molecule has 0 bridgehead atoms. The molecule has 88 valence electrons. The van der Waals surface area contributed by atoms with Crippen LogP contribution in [0.2, 0.25) is 0 Å². The van der Waals surface area contributed by atoms with E-state index in [1.807, 2.05) is 6.92 Å². The predicted molar refractivity (Wildman–Crippen MR) is 62.9 cm³/mol. The maximum absolute atomic E-state index is 11.5. The number of anilines is 2. The summed E-state index contributed by atoms with van der Waals surface area (Å²) < 4.78 is 0. The molecule has 0 saturated heterocycles. The molecule has 0 saturated carbocycles. The third kappa shape index (κ3) is 3.38. The molecule has 0 fully saturated rings. The highest BCUT2D eigenvalue weighted by Crippen LogP contribution is 2.08. The fourth-order valence-corrected chi connectivity index (χ4v) is 1.28. The molecule has 1 amide bonds. The van der Waals surface area contributed by atoms with Gasteiger partial charge in [-0.15, -0.1) is 0 Å². The SMILES string of the molecule is CCNC(=O)C(C)Nc1cc(N)nc(C)n1. The number of hydrogen-bond donors (Lipinski definition) is 3. The summed E-state index contributed by atoms with van der Waals surface area (Å²) in [7, 11) is 0. The monoisotopic (exact) mass is 223 g/mol. The largest absolute Gasteiger partial charge is 0.384 e. The summed E-state index contributed by atoms with van der Waals surface area (Å²) in [4.78, 5) is 19.6. The molecule has 0 aliphatic heterocycles. The van der Waals surface area contributed by atoms with Crippen LogP contribution < -0.4 is 16.4 Å². The van der Waals surface area contributed by atoms with Gasteiger partial charge in [0.05, 0.1) is 0 Å². The molecule has 4 N–H and O–H groups in total. The Kier molecular flexibility index (Phi) is 4.04. The van der Waals surface area contributed by atoms with E-state index in [4.69, 9.17) is 5.73 Å². The summed E-state index contributed by atoms with van der Waals surface area (Å²) in [6.45, 7) is 5.99. The van der Waals surface area contributed by atoms with Crippen LogP contribution >= 0.6 is 0 Å². The molecule has 6 nitrogen and oxygen atoms in total. The number of nitrogens with zero attached hydrogens (tertiary/aromatic N) is 2. The first-order chi connectivity index (χ1) is 7.52. The minimum Gasteiger partial charge on any atom is -0.384 e. The minimum atomic E-state index is -0.353. The first-order valence-electron chi connectivity index (χ1n) is 5.18. The number of hydrogen-bond acceptors (Lipinski definition) is 5. The molecule has 0 spiro atoms. The van der Waals surface area contributed by atoms with Crippen LogP contribution in [-0.2, 0) is 4.79 Å². The van der Waals surface area contributed by atoms with Crippen molar-refractivity contribution in [3.63, 3.8) is 0 Å². The van der Waals surface area contributed by atoms with Gasteiger partial charge in [-0.2, -0.15) is 0 Å². The van der Waals surface area contributed by atoms with Crippen molar-refractivity contribution in [3.05, 3.63) is 11.9 Å². The molecule has 0 aliphatic rings. The highest BCUT2D eigenvalue weighted by Gasteiger charge is 2.12. The summed E-state index contributed by atoms with van der Waals surface area (Å²) in [5.41, 5.74) is 5.58. The van der Waals surface area contributed by atoms with Gasteiger partial charge in [-0.3, -0.25) is 4.79 Å². The number of carbonyl (C=O) groups excluding carboxylic acids is 1. The fourth-order valence-electron chi connectivity index (χ4n) is 1.28. The topological polar surface area (TPSA) is 92.9 Å². The van der Waals surface area contributed by atoms with E-state index in [0.717, 1.165) is 0 Å². The van der Waals surface area contributed by atoms with E-state index in [-0.39, 0.29) is 11.9 Å². The summed E-state index contributed by atoms with van der Waals surface area (Å²) in [6, 6.07) is 1.25. The van der Waals surface area contributed by atoms with Crippen molar-refractivity contribution in [1.29, 1.82) is 0 Å². The van der Waals surface area contributed by atoms with Crippen LogP contribution in [0.1, 0.15) is 19.7 Å². The van der Waals surface area contributed by atoms with Crippen LogP contribution in [0.3, 0.4) is 0 Å². The van der Waals surface area contributed by atoms with E-state index in [0.29, 0.717) is 24.0 Å². The Morgan fingerprint density at radius 3 is 2.81 bits per heavy atom. The quantitative estimate of drug-likeness (QED) is 0.683. The number of rotatable bonds is 4. The van der Waals surface area contributed by atoms with Gasteiger partial charge in [-0.1, -0.05) is 0 Å². The lowest BCUT2D eigenvalue weighted by molar-refractivity contribution is -0.121. The van der Waals surface area contributed by atoms with Crippen LogP contribution in [0.25, 0.3) is 0 Å². The van der Waals surface area contributed by atoms with Crippen molar-refractivity contribution in [2.24, 2.45) is 0 Å². The van der Waals surface area contributed by atoms with Crippen molar-refractivity contribution in [2.75, 3.05) is 17.6 Å². The number of amides is 1. The maximum Gasteiger partial charge on any atom is 0.242 e. The average molecular weight is 223 g/mol. The highest BCUT2D eigenvalue weighted by atomic mass is 16.2. The number of aromatic nitrogens is 2. The Morgan fingerprint density at radius 2 is 2.25 bits per heavy atom. The summed E-state index contributed by atoms with van der Waals surface area (Å²) in [5, 5.41) is 5.68. The molecule has 0 radical (unpaired) electrons. The van der Waals surface area contributed by atoms with E-state index in [1.165, 1.54) is 0 Å². The number of nitrogen functional groups attached to an aromatic ring is 1. The summed E-state index contributed by atoms with van der Waals surface area (Å²) in [5.74, 6) is 1.45. The Hall–Kier alpha value is -1.85. The molecule has 1 aromatic heterocycles. The van der Waals surface area contributed by atoms with Gasteiger partial charge in [0.2, 0.25) is 5.91 Å². The van der Waals surface area contributed by atoms with Gasteiger partial charge in [-0.25, -0.2) is 9.97 Å². The second-order valence-corrected chi connectivity index (χ2v) is 3.49. The lowest BCUT2D eigenvalue weighted by atomic mass is 10.3. The molecule has 1 aromatic rings. The summed E-state index contributed by atoms with van der Waals surface area (Å²) >= 11 is 0. The second kappa shape index (κ2) is 5.29. The second-order valence-electron chi connectivity index (χ2n) is 3.49. The lowest BCUT2D eigenvalue weighted by Gasteiger charge is -2.14. The van der Waals surface area contributed by atoms with Crippen molar-refractivity contribution in [1.82, 2.24) is 15.3 Å². The molecule has 6 heteroatoms. The van der Waals surface area contributed by atoms with Gasteiger partial charge >= 0.3 is 0 Å². The van der Waals surface area contributed by atoms with Crippen LogP contribution in [-0.4, -0.2) is 28.5 Å². The van der Waals surface area contributed by atoms with Gasteiger partial charge in [-0.05, 0) is 20.8 Å². The number of nitrogens with two attached hydrogens (primary N) is 1. The zero-order valence-electron chi connectivity index (χ0n) is 9.74. The van der Waals surface area contributed by atoms with E-state index in [2.05, 4.69) is 20.6 Å². The van der Waals surface area contributed by atoms with Gasteiger partial charge in [0, 0.05) is 12.6 Å². The first-order valence-corrected chi connectivity index (χ1v) is 5.18. The molecule has 1 atom stereocenters. The molecule has 16 heavy (non-hydrogen) atoms. The molecule has 1 heterocycles. The molecule has 0 aliphatic carbocycles. The van der Waals surface area contributed by atoms with Gasteiger partial charge in [0.15, 0.2) is 0 Å². The highest BCUT2D eigenvalue weighted by molar-refractivity contribution is 5.83. The molecule has 1 unspecified atom stereocenters. The number of aryl methyl sites for hydroxylation is 1. The third-order valence-corrected chi connectivity index (χ3v) is 1.97. The average Bonchev–Trinajstić information content (AvgIpc) is 2.16. The predicted octanol–water partition coefficient (Wildman–Crippen LogP) is 0.304. The van der Waals surface area contributed by atoms with Gasteiger partial charge in [0.25, 0.3) is 0 Å². The summed E-state index contributed by atoms with van der Waals surface area (Å²) in [6.07, 6.45) is 0. The smallest absolute Gasteiger partial charge is 0.242 e. The lowest BCUT2D eigenvalue weighted by Crippen LogP contribution is -2.37. The van der Waals surface area contributed by atoms with Crippen molar-refractivity contribution in [2.45, 2.75) is 26.8 Å². The van der Waals surface area contributed by atoms with Gasteiger partial charge in [0.1, 0.15) is 23.5 Å². The van der Waals surface area contributed by atoms with Crippen LogP contribution in [0, 0.1) is 6.92 Å². The minimum absolute atomic E-state index is 0.0719.